The van der Waals surface area contributed by atoms with E-state index in [1.54, 1.807) is 6.92 Å². The number of carbonyl (C=O) groups is 2. The number of ether oxygens (including phenoxy) is 1. The molecule has 1 heterocycles. The number of rotatable bonds is 5. The van der Waals surface area contributed by atoms with Crippen molar-refractivity contribution < 1.29 is 19.4 Å². The number of carboxylic acid groups (broad SMARTS) is 1. The van der Waals surface area contributed by atoms with Gasteiger partial charge >= 0.3 is 11.9 Å². The smallest absolute Gasteiger partial charge is 0.358 e. The fourth-order valence-corrected chi connectivity index (χ4v) is 1.20. The molecule has 0 aliphatic rings. The molecule has 0 fully saturated rings. The van der Waals surface area contributed by atoms with Crippen molar-refractivity contribution in [2.75, 3.05) is 12.4 Å². The third kappa shape index (κ3) is 4.06. The van der Waals surface area contributed by atoms with E-state index >= 15 is 0 Å². The standard InChI is InChI=1S/C10H13N3O4/c1-6(3-9(14)15)12-8-5-11-4-7(13-8)10(16)17-2/h4-6H,3H2,1-2H3,(H,12,13)(H,14,15). The summed E-state index contributed by atoms with van der Waals surface area (Å²) in [4.78, 5) is 29.4. The fourth-order valence-electron chi connectivity index (χ4n) is 1.20. The van der Waals surface area contributed by atoms with Crippen LogP contribution < -0.4 is 5.32 Å². The lowest BCUT2D eigenvalue weighted by atomic mass is 10.2. The van der Waals surface area contributed by atoms with E-state index < -0.39 is 11.9 Å². The van der Waals surface area contributed by atoms with Crippen molar-refractivity contribution in [2.45, 2.75) is 19.4 Å². The molecule has 92 valence electrons. The Balaban J connectivity index is 2.72. The molecule has 0 saturated heterocycles. The molecule has 1 atom stereocenters. The van der Waals surface area contributed by atoms with Gasteiger partial charge in [-0.05, 0) is 6.92 Å². The van der Waals surface area contributed by atoms with Crippen molar-refractivity contribution in [3.63, 3.8) is 0 Å². The van der Waals surface area contributed by atoms with Gasteiger partial charge < -0.3 is 15.2 Å². The molecule has 1 aromatic heterocycles. The van der Waals surface area contributed by atoms with Gasteiger partial charge in [0.15, 0.2) is 5.69 Å². The highest BCUT2D eigenvalue weighted by molar-refractivity contribution is 5.87. The van der Waals surface area contributed by atoms with Crippen LogP contribution in [-0.2, 0) is 9.53 Å². The highest BCUT2D eigenvalue weighted by atomic mass is 16.5. The summed E-state index contributed by atoms with van der Waals surface area (Å²) in [6.45, 7) is 1.70. The van der Waals surface area contributed by atoms with Gasteiger partial charge in [-0.15, -0.1) is 0 Å². The molecule has 0 spiro atoms. The largest absolute Gasteiger partial charge is 0.481 e. The second kappa shape index (κ2) is 5.78. The number of hydrogen-bond donors (Lipinski definition) is 2. The first kappa shape index (κ1) is 12.9. The first-order valence-corrected chi connectivity index (χ1v) is 4.91. The second-order valence-electron chi connectivity index (χ2n) is 3.42. The van der Waals surface area contributed by atoms with E-state index in [9.17, 15) is 9.59 Å². The highest BCUT2D eigenvalue weighted by Gasteiger charge is 2.11. The quantitative estimate of drug-likeness (QED) is 0.723. The molecule has 0 radical (unpaired) electrons. The third-order valence-electron chi connectivity index (χ3n) is 1.90. The van der Waals surface area contributed by atoms with Crippen LogP contribution in [0.25, 0.3) is 0 Å². The number of hydrogen-bond acceptors (Lipinski definition) is 6. The molecule has 2 N–H and O–H groups in total. The molecule has 1 rings (SSSR count). The lowest BCUT2D eigenvalue weighted by molar-refractivity contribution is -0.137. The monoisotopic (exact) mass is 239 g/mol. The minimum Gasteiger partial charge on any atom is -0.481 e. The molecular formula is C10H13N3O4. The zero-order chi connectivity index (χ0) is 12.8. The molecule has 7 heteroatoms. The Labute approximate surface area is 97.8 Å². The molecular weight excluding hydrogens is 226 g/mol. The van der Waals surface area contributed by atoms with Crippen molar-refractivity contribution in [2.24, 2.45) is 0 Å². The number of carbonyl (C=O) groups excluding carboxylic acids is 1. The predicted molar refractivity (Wildman–Crippen MR) is 58.7 cm³/mol. The van der Waals surface area contributed by atoms with Crippen LogP contribution in [0.1, 0.15) is 23.8 Å². The number of anilines is 1. The van der Waals surface area contributed by atoms with Gasteiger partial charge in [0.05, 0.1) is 25.9 Å². The Morgan fingerprint density at radius 1 is 1.53 bits per heavy atom. The number of aliphatic carboxylic acids is 1. The molecule has 7 nitrogen and oxygen atoms in total. The maximum absolute atomic E-state index is 11.2. The first-order chi connectivity index (χ1) is 8.02. The van der Waals surface area contributed by atoms with Crippen LogP contribution in [0.3, 0.4) is 0 Å². The first-order valence-electron chi connectivity index (χ1n) is 4.91. The van der Waals surface area contributed by atoms with Crippen LogP contribution >= 0.6 is 0 Å². The molecule has 0 amide bonds. The summed E-state index contributed by atoms with van der Waals surface area (Å²) in [6.07, 6.45) is 2.63. The van der Waals surface area contributed by atoms with E-state index in [4.69, 9.17) is 5.11 Å². The molecule has 0 saturated carbocycles. The Hall–Kier alpha value is -2.18. The van der Waals surface area contributed by atoms with Crippen LogP contribution in [-0.4, -0.2) is 40.2 Å². The van der Waals surface area contributed by atoms with Gasteiger partial charge in [-0.25, -0.2) is 9.78 Å². The Morgan fingerprint density at radius 3 is 2.82 bits per heavy atom. The minimum absolute atomic E-state index is 0.0515. The zero-order valence-electron chi connectivity index (χ0n) is 9.51. The van der Waals surface area contributed by atoms with Crippen molar-refractivity contribution in [1.29, 1.82) is 0 Å². The van der Waals surface area contributed by atoms with Gasteiger partial charge in [-0.2, -0.15) is 0 Å². The summed E-state index contributed by atoms with van der Waals surface area (Å²) < 4.78 is 4.50. The lowest BCUT2D eigenvalue weighted by Crippen LogP contribution is -2.20. The summed E-state index contributed by atoms with van der Waals surface area (Å²) in [5.74, 6) is -1.17. The maximum Gasteiger partial charge on any atom is 0.358 e. The zero-order valence-corrected chi connectivity index (χ0v) is 9.51. The number of esters is 1. The topological polar surface area (TPSA) is 101 Å². The van der Waals surface area contributed by atoms with Gasteiger partial charge in [0.2, 0.25) is 0 Å². The summed E-state index contributed by atoms with van der Waals surface area (Å²) >= 11 is 0. The van der Waals surface area contributed by atoms with E-state index in [0.717, 1.165) is 0 Å². The summed E-state index contributed by atoms with van der Waals surface area (Å²) in [5.41, 5.74) is 0.0695. The predicted octanol–water partition coefficient (Wildman–Crippen LogP) is 0.538. The van der Waals surface area contributed by atoms with Crippen LogP contribution in [0.5, 0.6) is 0 Å². The number of nitrogens with one attached hydrogen (secondary N) is 1. The average Bonchev–Trinajstić information content (AvgIpc) is 2.27. The van der Waals surface area contributed by atoms with Crippen molar-refractivity contribution in [3.8, 4) is 0 Å². The number of carboxylic acids is 1. The van der Waals surface area contributed by atoms with Gasteiger partial charge in [-0.3, -0.25) is 9.78 Å². The van der Waals surface area contributed by atoms with Crippen molar-refractivity contribution in [1.82, 2.24) is 9.97 Å². The van der Waals surface area contributed by atoms with Crippen LogP contribution in [0, 0.1) is 0 Å². The Morgan fingerprint density at radius 2 is 2.24 bits per heavy atom. The van der Waals surface area contributed by atoms with Gasteiger partial charge in [0, 0.05) is 6.04 Å². The lowest BCUT2D eigenvalue weighted by Gasteiger charge is -2.11. The van der Waals surface area contributed by atoms with E-state index in [1.807, 2.05) is 0 Å². The number of aromatic nitrogens is 2. The van der Waals surface area contributed by atoms with E-state index in [-0.39, 0.29) is 18.2 Å². The molecule has 0 aromatic carbocycles. The van der Waals surface area contributed by atoms with Gasteiger partial charge in [-0.1, -0.05) is 0 Å². The van der Waals surface area contributed by atoms with Crippen molar-refractivity contribution in [3.05, 3.63) is 18.1 Å². The fraction of sp³-hybridized carbons (Fsp3) is 0.400. The highest BCUT2D eigenvalue weighted by Crippen LogP contribution is 2.06. The molecule has 17 heavy (non-hydrogen) atoms. The van der Waals surface area contributed by atoms with Crippen LogP contribution in [0.2, 0.25) is 0 Å². The normalized spacial score (nSPS) is 11.6. The summed E-state index contributed by atoms with van der Waals surface area (Å²) in [7, 11) is 1.25. The second-order valence-corrected chi connectivity index (χ2v) is 3.42. The van der Waals surface area contributed by atoms with Crippen molar-refractivity contribution >= 4 is 17.8 Å². The maximum atomic E-state index is 11.2. The summed E-state index contributed by atoms with van der Waals surface area (Å²) in [5, 5.41) is 11.4. The van der Waals surface area contributed by atoms with Crippen LogP contribution in [0.4, 0.5) is 5.82 Å². The third-order valence-corrected chi connectivity index (χ3v) is 1.90. The minimum atomic E-state index is -0.915. The number of nitrogens with zero attached hydrogens (tertiary/aromatic N) is 2. The van der Waals surface area contributed by atoms with Crippen LogP contribution in [0.15, 0.2) is 12.4 Å². The average molecular weight is 239 g/mol. The van der Waals surface area contributed by atoms with E-state index in [0.29, 0.717) is 5.82 Å². The Bertz CT molecular complexity index is 422. The molecule has 1 unspecified atom stereocenters. The van der Waals surface area contributed by atoms with Gasteiger partial charge in [0.1, 0.15) is 5.82 Å². The molecule has 0 aliphatic heterocycles. The molecule has 1 aromatic rings. The SMILES string of the molecule is COC(=O)c1cncc(NC(C)CC(=O)O)n1. The Kier molecular flexibility index (Phi) is 4.38. The van der Waals surface area contributed by atoms with Gasteiger partial charge in [0.25, 0.3) is 0 Å². The van der Waals surface area contributed by atoms with E-state index in [1.165, 1.54) is 19.5 Å². The molecule has 0 aliphatic carbocycles. The molecule has 0 bridgehead atoms. The summed E-state index contributed by atoms with van der Waals surface area (Å²) in [6, 6.07) is -0.310. The number of methoxy groups -OCH3 is 1. The van der Waals surface area contributed by atoms with E-state index in [2.05, 4.69) is 20.0 Å².